The predicted octanol–water partition coefficient (Wildman–Crippen LogP) is 3.81. The third kappa shape index (κ3) is 2.15. The van der Waals surface area contributed by atoms with Gasteiger partial charge in [0.2, 0.25) is 0 Å². The number of halogens is 3. The fourth-order valence-electron chi connectivity index (χ4n) is 2.23. The molecule has 1 aliphatic rings. The fourth-order valence-corrected chi connectivity index (χ4v) is 2.23. The van der Waals surface area contributed by atoms with E-state index in [0.717, 1.165) is 30.3 Å². The van der Waals surface area contributed by atoms with Gasteiger partial charge in [-0.2, -0.15) is 0 Å². The minimum atomic E-state index is -0.951. The smallest absolute Gasteiger partial charge is 0.170 e. The molecule has 0 N–H and O–H groups in total. The molecular weight excluding hydrogens is 269 g/mol. The quantitative estimate of drug-likeness (QED) is 0.793. The Hall–Kier alpha value is -2.30. The van der Waals surface area contributed by atoms with Gasteiger partial charge in [0.1, 0.15) is 29.3 Å². The van der Waals surface area contributed by atoms with Crippen LogP contribution in [-0.4, -0.2) is 5.78 Å². The Bertz CT molecular complexity index is 698. The van der Waals surface area contributed by atoms with E-state index in [2.05, 4.69) is 0 Å². The van der Waals surface area contributed by atoms with Gasteiger partial charge in [-0.05, 0) is 30.3 Å². The molecular formula is C15H9F3O2. The number of Topliss-reactive ketones (excluding diaryl/α,β-unsaturated/α-hetero) is 1. The first kappa shape index (κ1) is 12.7. The second kappa shape index (κ2) is 4.67. The molecule has 5 heteroatoms. The van der Waals surface area contributed by atoms with Crippen molar-refractivity contribution < 1.29 is 22.7 Å². The molecule has 1 atom stereocenters. The van der Waals surface area contributed by atoms with Gasteiger partial charge in [0.05, 0.1) is 12.0 Å². The van der Waals surface area contributed by atoms with Crippen molar-refractivity contribution >= 4 is 5.78 Å². The molecule has 2 nitrogen and oxygen atoms in total. The molecule has 0 bridgehead atoms. The summed E-state index contributed by atoms with van der Waals surface area (Å²) >= 11 is 0. The maximum absolute atomic E-state index is 13.7. The second-order valence-corrected chi connectivity index (χ2v) is 4.54. The third-order valence-electron chi connectivity index (χ3n) is 3.19. The number of carbonyl (C=O) groups excluding carboxylic acids is 1. The highest BCUT2D eigenvalue weighted by molar-refractivity contribution is 6.00. The van der Waals surface area contributed by atoms with Crippen molar-refractivity contribution in [2.45, 2.75) is 12.5 Å². The van der Waals surface area contributed by atoms with Crippen LogP contribution in [0.25, 0.3) is 0 Å². The summed E-state index contributed by atoms with van der Waals surface area (Å²) in [5.74, 6) is -2.08. The monoisotopic (exact) mass is 278 g/mol. The summed E-state index contributed by atoms with van der Waals surface area (Å²) in [7, 11) is 0. The Morgan fingerprint density at radius 1 is 1.00 bits per heavy atom. The number of carbonyl (C=O) groups is 1. The highest BCUT2D eigenvalue weighted by atomic mass is 19.1. The molecule has 0 radical (unpaired) electrons. The summed E-state index contributed by atoms with van der Waals surface area (Å²) in [6, 6.07) is 6.49. The van der Waals surface area contributed by atoms with Crippen LogP contribution in [0, 0.1) is 17.5 Å². The molecule has 1 heterocycles. The van der Waals surface area contributed by atoms with Gasteiger partial charge in [-0.3, -0.25) is 4.79 Å². The molecule has 2 aromatic carbocycles. The zero-order valence-corrected chi connectivity index (χ0v) is 10.2. The SMILES string of the molecule is O=C1CC(c2cc(F)ccc2F)Oc2cc(F)ccc21. The third-order valence-corrected chi connectivity index (χ3v) is 3.19. The standard InChI is InChI=1S/C15H9F3O2/c16-8-2-4-12(18)11(5-8)15-7-13(19)10-3-1-9(17)6-14(10)20-15/h1-6,15H,7H2. The Morgan fingerprint density at radius 2 is 1.70 bits per heavy atom. The van der Waals surface area contributed by atoms with E-state index >= 15 is 0 Å². The van der Waals surface area contributed by atoms with Crippen molar-refractivity contribution in [3.05, 3.63) is 65.0 Å². The Balaban J connectivity index is 2.02. The number of benzene rings is 2. The summed E-state index contributed by atoms with van der Waals surface area (Å²) < 4.78 is 45.5. The van der Waals surface area contributed by atoms with Gasteiger partial charge in [-0.1, -0.05) is 0 Å². The van der Waals surface area contributed by atoms with Crippen LogP contribution < -0.4 is 4.74 Å². The molecule has 102 valence electrons. The minimum Gasteiger partial charge on any atom is -0.484 e. The van der Waals surface area contributed by atoms with E-state index in [9.17, 15) is 18.0 Å². The van der Waals surface area contributed by atoms with Gasteiger partial charge in [0.25, 0.3) is 0 Å². The molecule has 1 aliphatic heterocycles. The van der Waals surface area contributed by atoms with Crippen LogP contribution >= 0.6 is 0 Å². The largest absolute Gasteiger partial charge is 0.484 e. The normalized spacial score (nSPS) is 17.6. The van der Waals surface area contributed by atoms with Crippen molar-refractivity contribution in [2.75, 3.05) is 0 Å². The van der Waals surface area contributed by atoms with Crippen LogP contribution in [0.2, 0.25) is 0 Å². The van der Waals surface area contributed by atoms with Crippen LogP contribution in [0.5, 0.6) is 5.75 Å². The van der Waals surface area contributed by atoms with E-state index < -0.39 is 23.6 Å². The first-order chi connectivity index (χ1) is 9.54. The molecule has 0 spiro atoms. The summed E-state index contributed by atoms with van der Waals surface area (Å²) in [4.78, 5) is 12.0. The molecule has 0 saturated carbocycles. The average molecular weight is 278 g/mol. The minimum absolute atomic E-state index is 0.0479. The highest BCUT2D eigenvalue weighted by Gasteiger charge is 2.29. The molecule has 20 heavy (non-hydrogen) atoms. The van der Waals surface area contributed by atoms with Crippen molar-refractivity contribution in [1.82, 2.24) is 0 Å². The van der Waals surface area contributed by atoms with Gasteiger partial charge >= 0.3 is 0 Å². The Morgan fingerprint density at radius 3 is 2.50 bits per heavy atom. The van der Waals surface area contributed by atoms with Crippen LogP contribution in [0.4, 0.5) is 13.2 Å². The molecule has 3 rings (SSSR count). The topological polar surface area (TPSA) is 26.3 Å². The molecule has 1 unspecified atom stereocenters. The van der Waals surface area contributed by atoms with E-state index in [1.165, 1.54) is 6.07 Å². The maximum atomic E-state index is 13.7. The molecule has 0 fully saturated rings. The number of ketones is 1. The first-order valence-corrected chi connectivity index (χ1v) is 5.99. The van der Waals surface area contributed by atoms with E-state index in [4.69, 9.17) is 4.74 Å². The number of hydrogen-bond donors (Lipinski definition) is 0. The maximum Gasteiger partial charge on any atom is 0.170 e. The summed E-state index contributed by atoms with van der Waals surface area (Å²) in [6.45, 7) is 0. The summed E-state index contributed by atoms with van der Waals surface area (Å²) in [5.41, 5.74) is 0.202. The Kier molecular flexibility index (Phi) is 2.97. The van der Waals surface area contributed by atoms with Crippen LogP contribution in [0.15, 0.2) is 36.4 Å². The molecule has 0 amide bonds. The zero-order valence-electron chi connectivity index (χ0n) is 10.2. The lowest BCUT2D eigenvalue weighted by molar-refractivity contribution is 0.0844. The molecule has 0 saturated heterocycles. The molecule has 0 aromatic heterocycles. The summed E-state index contributed by atoms with van der Waals surface area (Å²) in [6.07, 6.45) is -1.06. The lowest BCUT2D eigenvalue weighted by Gasteiger charge is -2.25. The van der Waals surface area contributed by atoms with Gasteiger partial charge in [-0.15, -0.1) is 0 Å². The lowest BCUT2D eigenvalue weighted by Crippen LogP contribution is -2.21. The number of fused-ring (bicyclic) bond motifs is 1. The van der Waals surface area contributed by atoms with Gasteiger partial charge in [-0.25, -0.2) is 13.2 Å². The first-order valence-electron chi connectivity index (χ1n) is 5.99. The molecule has 0 aliphatic carbocycles. The number of hydrogen-bond acceptors (Lipinski definition) is 2. The van der Waals surface area contributed by atoms with Crippen molar-refractivity contribution in [3.8, 4) is 5.75 Å². The van der Waals surface area contributed by atoms with Crippen molar-refractivity contribution in [1.29, 1.82) is 0 Å². The fraction of sp³-hybridized carbons (Fsp3) is 0.133. The van der Waals surface area contributed by atoms with Crippen LogP contribution in [0.1, 0.15) is 28.4 Å². The predicted molar refractivity (Wildman–Crippen MR) is 65.1 cm³/mol. The number of rotatable bonds is 1. The average Bonchev–Trinajstić information content (AvgIpc) is 2.41. The highest BCUT2D eigenvalue weighted by Crippen LogP contribution is 2.36. The van der Waals surface area contributed by atoms with E-state index in [1.807, 2.05) is 0 Å². The zero-order chi connectivity index (χ0) is 14.3. The second-order valence-electron chi connectivity index (χ2n) is 4.54. The van der Waals surface area contributed by atoms with Crippen molar-refractivity contribution in [2.24, 2.45) is 0 Å². The van der Waals surface area contributed by atoms with Gasteiger partial charge in [0, 0.05) is 11.6 Å². The number of ether oxygens (including phenoxy) is 1. The van der Waals surface area contributed by atoms with Crippen LogP contribution in [-0.2, 0) is 0 Å². The van der Waals surface area contributed by atoms with Crippen molar-refractivity contribution in [3.63, 3.8) is 0 Å². The van der Waals surface area contributed by atoms with Gasteiger partial charge < -0.3 is 4.74 Å². The summed E-state index contributed by atoms with van der Waals surface area (Å²) in [5, 5.41) is 0. The van der Waals surface area contributed by atoms with E-state index in [1.54, 1.807) is 0 Å². The van der Waals surface area contributed by atoms with E-state index in [-0.39, 0.29) is 29.1 Å². The van der Waals surface area contributed by atoms with Crippen LogP contribution in [0.3, 0.4) is 0 Å². The Labute approximate surface area is 112 Å². The lowest BCUT2D eigenvalue weighted by atomic mass is 9.96. The van der Waals surface area contributed by atoms with Gasteiger partial charge in [0.15, 0.2) is 5.78 Å². The van der Waals surface area contributed by atoms with E-state index in [0.29, 0.717) is 0 Å². The molecule has 2 aromatic rings.